The number of nitrogens with one attached hydrogen (secondary N) is 2. The van der Waals surface area contributed by atoms with Gasteiger partial charge in [0.1, 0.15) is 11.6 Å². The number of rotatable bonds is 7. The average molecular weight is 392 g/mol. The van der Waals surface area contributed by atoms with E-state index >= 15 is 0 Å². The molecule has 0 aliphatic carbocycles. The Balaban J connectivity index is 1.63. The molecule has 3 aromatic rings. The highest BCUT2D eigenvalue weighted by molar-refractivity contribution is 5.99. The quantitative estimate of drug-likeness (QED) is 0.644. The van der Waals surface area contributed by atoms with Gasteiger partial charge < -0.3 is 15.4 Å². The van der Waals surface area contributed by atoms with Crippen molar-refractivity contribution < 1.29 is 18.7 Å². The van der Waals surface area contributed by atoms with E-state index in [1.807, 2.05) is 24.3 Å². The van der Waals surface area contributed by atoms with Crippen LogP contribution in [0, 0.1) is 5.82 Å². The Hall–Kier alpha value is -3.67. The first-order chi connectivity index (χ1) is 14.1. The topological polar surface area (TPSA) is 67.4 Å². The van der Waals surface area contributed by atoms with Crippen LogP contribution in [0.3, 0.4) is 0 Å². The van der Waals surface area contributed by atoms with E-state index in [9.17, 15) is 14.0 Å². The number of ether oxygens (including phenoxy) is 1. The highest BCUT2D eigenvalue weighted by Gasteiger charge is 2.12. The molecule has 0 saturated heterocycles. The zero-order chi connectivity index (χ0) is 20.6. The summed E-state index contributed by atoms with van der Waals surface area (Å²) in [5, 5.41) is 5.49. The van der Waals surface area contributed by atoms with Gasteiger partial charge in [0.25, 0.3) is 11.8 Å². The van der Waals surface area contributed by atoms with E-state index in [4.69, 9.17) is 4.74 Å². The van der Waals surface area contributed by atoms with Crippen molar-refractivity contribution in [1.29, 1.82) is 0 Å². The predicted molar refractivity (Wildman–Crippen MR) is 108 cm³/mol. The monoisotopic (exact) mass is 392 g/mol. The number of methoxy groups -OCH3 is 1. The van der Waals surface area contributed by atoms with Crippen molar-refractivity contribution in [3.8, 4) is 5.75 Å². The number of carbonyl (C=O) groups is 2. The van der Waals surface area contributed by atoms with Gasteiger partial charge in [-0.2, -0.15) is 0 Å². The van der Waals surface area contributed by atoms with Gasteiger partial charge in [0.15, 0.2) is 0 Å². The number of amides is 2. The third kappa shape index (κ3) is 5.19. The molecule has 3 aromatic carbocycles. The molecule has 5 nitrogen and oxygen atoms in total. The number of para-hydroxylation sites is 1. The first-order valence-electron chi connectivity index (χ1n) is 9.10. The zero-order valence-electron chi connectivity index (χ0n) is 15.9. The summed E-state index contributed by atoms with van der Waals surface area (Å²) in [7, 11) is 1.57. The van der Waals surface area contributed by atoms with Gasteiger partial charge >= 0.3 is 0 Å². The Bertz CT molecular complexity index is 1020. The molecule has 2 amide bonds. The van der Waals surface area contributed by atoms with E-state index in [0.29, 0.717) is 29.0 Å². The molecule has 0 spiro atoms. The van der Waals surface area contributed by atoms with E-state index in [1.165, 1.54) is 12.1 Å². The van der Waals surface area contributed by atoms with Crippen LogP contribution < -0.4 is 15.4 Å². The molecule has 0 saturated carbocycles. The summed E-state index contributed by atoms with van der Waals surface area (Å²) in [5.74, 6) is -0.376. The first-order valence-corrected chi connectivity index (χ1v) is 9.10. The Labute approximate surface area is 168 Å². The number of halogens is 1. The highest BCUT2D eigenvalue weighted by Crippen LogP contribution is 2.17. The van der Waals surface area contributed by atoms with E-state index in [-0.39, 0.29) is 24.2 Å². The third-order valence-corrected chi connectivity index (χ3v) is 4.42. The molecule has 29 heavy (non-hydrogen) atoms. The van der Waals surface area contributed by atoms with Crippen LogP contribution in [0.4, 0.5) is 4.39 Å². The third-order valence-electron chi connectivity index (χ3n) is 4.42. The zero-order valence-corrected chi connectivity index (χ0v) is 15.9. The number of carbonyl (C=O) groups excluding carboxylic acids is 2. The molecular formula is C23H21FN2O3. The fourth-order valence-electron chi connectivity index (χ4n) is 2.85. The molecule has 3 rings (SSSR count). The van der Waals surface area contributed by atoms with Crippen LogP contribution in [0.1, 0.15) is 31.8 Å². The Morgan fingerprint density at radius 3 is 1.97 bits per heavy atom. The number of benzene rings is 3. The summed E-state index contributed by atoms with van der Waals surface area (Å²) < 4.78 is 19.0. The summed E-state index contributed by atoms with van der Waals surface area (Å²) in [4.78, 5) is 24.9. The second-order valence-electron chi connectivity index (χ2n) is 6.35. The number of hydrogen-bond donors (Lipinski definition) is 2. The predicted octanol–water partition coefficient (Wildman–Crippen LogP) is 3.69. The summed E-state index contributed by atoms with van der Waals surface area (Å²) in [6, 6.07) is 20.0. The summed E-state index contributed by atoms with van der Waals surface area (Å²) in [6.45, 7) is 0.363. The Morgan fingerprint density at radius 1 is 0.793 bits per heavy atom. The molecule has 0 fully saturated rings. The summed E-state index contributed by atoms with van der Waals surface area (Å²) in [6.07, 6.45) is 0. The maximum Gasteiger partial charge on any atom is 0.251 e. The lowest BCUT2D eigenvalue weighted by Gasteiger charge is -2.10. The van der Waals surface area contributed by atoms with Crippen molar-refractivity contribution >= 4 is 11.8 Å². The second kappa shape index (κ2) is 9.50. The fourth-order valence-corrected chi connectivity index (χ4v) is 2.85. The maximum atomic E-state index is 13.7. The van der Waals surface area contributed by atoms with Gasteiger partial charge in [-0.25, -0.2) is 4.39 Å². The molecular weight excluding hydrogens is 371 g/mol. The number of hydrogen-bond acceptors (Lipinski definition) is 3. The normalized spacial score (nSPS) is 10.3. The minimum Gasteiger partial charge on any atom is -0.496 e. The second-order valence-corrected chi connectivity index (χ2v) is 6.35. The van der Waals surface area contributed by atoms with Gasteiger partial charge in [0.05, 0.1) is 7.11 Å². The standard InChI is InChI=1S/C23H21FN2O3/c1-29-21-12-5-3-8-19(21)15-26-23(28)17-10-6-9-16(13-17)22(27)25-14-18-7-2-4-11-20(18)24/h2-13H,14-15H2,1H3,(H,25,27)(H,26,28). The van der Waals surface area contributed by atoms with E-state index in [0.717, 1.165) is 5.56 Å². The largest absolute Gasteiger partial charge is 0.496 e. The Kier molecular flexibility index (Phi) is 6.58. The van der Waals surface area contributed by atoms with Crippen LogP contribution in [-0.2, 0) is 13.1 Å². The first kappa shape index (κ1) is 20.1. The minimum atomic E-state index is -0.382. The van der Waals surface area contributed by atoms with Gasteiger partial charge in [0, 0.05) is 35.3 Å². The molecule has 2 N–H and O–H groups in total. The van der Waals surface area contributed by atoms with Crippen molar-refractivity contribution in [2.75, 3.05) is 7.11 Å². The van der Waals surface area contributed by atoms with Crippen LogP contribution in [0.15, 0.2) is 72.8 Å². The van der Waals surface area contributed by atoms with Crippen LogP contribution in [0.25, 0.3) is 0 Å². The van der Waals surface area contributed by atoms with Crippen LogP contribution in [0.5, 0.6) is 5.75 Å². The lowest BCUT2D eigenvalue weighted by molar-refractivity contribution is 0.0950. The van der Waals surface area contributed by atoms with E-state index in [1.54, 1.807) is 43.5 Å². The van der Waals surface area contributed by atoms with Crippen molar-refractivity contribution in [2.45, 2.75) is 13.1 Å². The molecule has 0 aliphatic rings. The van der Waals surface area contributed by atoms with E-state index in [2.05, 4.69) is 10.6 Å². The van der Waals surface area contributed by atoms with Crippen LogP contribution in [0.2, 0.25) is 0 Å². The molecule has 0 unspecified atom stereocenters. The van der Waals surface area contributed by atoms with Crippen molar-refractivity contribution in [3.05, 3.63) is 101 Å². The fraction of sp³-hybridized carbons (Fsp3) is 0.130. The lowest BCUT2D eigenvalue weighted by Crippen LogP contribution is -2.25. The minimum absolute atomic E-state index is 0.0652. The van der Waals surface area contributed by atoms with Gasteiger partial charge in [0.2, 0.25) is 0 Å². The Morgan fingerprint density at radius 2 is 1.34 bits per heavy atom. The van der Waals surface area contributed by atoms with E-state index < -0.39 is 0 Å². The summed E-state index contributed by atoms with van der Waals surface area (Å²) >= 11 is 0. The van der Waals surface area contributed by atoms with Gasteiger partial charge in [-0.05, 0) is 30.3 Å². The van der Waals surface area contributed by atoms with Gasteiger partial charge in [-0.3, -0.25) is 9.59 Å². The van der Waals surface area contributed by atoms with Crippen molar-refractivity contribution in [2.24, 2.45) is 0 Å². The van der Waals surface area contributed by atoms with Crippen molar-refractivity contribution in [1.82, 2.24) is 10.6 Å². The maximum absolute atomic E-state index is 13.7. The molecule has 0 aromatic heterocycles. The van der Waals surface area contributed by atoms with Crippen LogP contribution >= 0.6 is 0 Å². The molecule has 0 atom stereocenters. The van der Waals surface area contributed by atoms with Gasteiger partial charge in [-0.1, -0.05) is 42.5 Å². The lowest BCUT2D eigenvalue weighted by atomic mass is 10.1. The smallest absolute Gasteiger partial charge is 0.251 e. The molecule has 0 aliphatic heterocycles. The highest BCUT2D eigenvalue weighted by atomic mass is 19.1. The average Bonchev–Trinajstić information content (AvgIpc) is 2.77. The van der Waals surface area contributed by atoms with Gasteiger partial charge in [-0.15, -0.1) is 0 Å². The molecule has 0 radical (unpaired) electrons. The van der Waals surface area contributed by atoms with Crippen molar-refractivity contribution in [3.63, 3.8) is 0 Å². The molecule has 6 heteroatoms. The van der Waals surface area contributed by atoms with Crippen LogP contribution in [-0.4, -0.2) is 18.9 Å². The molecule has 0 heterocycles. The molecule has 0 bridgehead atoms. The summed E-state index contributed by atoms with van der Waals surface area (Å²) in [5.41, 5.74) is 1.93. The SMILES string of the molecule is COc1ccccc1CNC(=O)c1cccc(C(=O)NCc2ccccc2F)c1. The molecule has 148 valence electrons.